The average molecular weight is 431 g/mol. The molecule has 0 spiro atoms. The van der Waals surface area contributed by atoms with Crippen LogP contribution in [0.3, 0.4) is 0 Å². The highest BCUT2D eigenvalue weighted by molar-refractivity contribution is 7.80. The van der Waals surface area contributed by atoms with Gasteiger partial charge in [0.2, 0.25) is 17.2 Å². The number of halogens is 2. The summed E-state index contributed by atoms with van der Waals surface area (Å²) in [6.07, 6.45) is 1.06. The Labute approximate surface area is 169 Å². The van der Waals surface area contributed by atoms with Gasteiger partial charge in [-0.3, -0.25) is 0 Å². The number of aromatic nitrogens is 3. The van der Waals surface area contributed by atoms with Gasteiger partial charge < -0.3 is 20.9 Å². The Morgan fingerprint density at radius 3 is 2.67 bits per heavy atom. The van der Waals surface area contributed by atoms with Crippen LogP contribution in [0.15, 0.2) is 24.3 Å². The van der Waals surface area contributed by atoms with Gasteiger partial charge in [0.25, 0.3) is 0 Å². The quantitative estimate of drug-likeness (QED) is 0.533. The second-order valence-corrected chi connectivity index (χ2v) is 8.50. The predicted octanol–water partition coefficient (Wildman–Crippen LogP) is 3.05. The summed E-state index contributed by atoms with van der Waals surface area (Å²) < 4.78 is 21.0. The van der Waals surface area contributed by atoms with Gasteiger partial charge in [0, 0.05) is 22.8 Å². The van der Waals surface area contributed by atoms with Crippen LogP contribution in [0, 0.1) is 5.92 Å². The second-order valence-electron chi connectivity index (χ2n) is 6.56. The maximum atomic E-state index is 11.5. The van der Waals surface area contributed by atoms with Gasteiger partial charge in [-0.25, -0.2) is 4.21 Å². The SMILES string of the molecule is CC1CC(N)C(S(=O)O)CC1Nc1nc(Cl)nc(Nc2cccc(Cl)c2)n1. The lowest BCUT2D eigenvalue weighted by Gasteiger charge is -2.37. The highest BCUT2D eigenvalue weighted by Gasteiger charge is 2.36. The minimum Gasteiger partial charge on any atom is -0.351 e. The van der Waals surface area contributed by atoms with Crippen LogP contribution in [-0.4, -0.2) is 41.0 Å². The summed E-state index contributed by atoms with van der Waals surface area (Å²) in [7, 11) is 0. The van der Waals surface area contributed by atoms with Crippen molar-refractivity contribution in [3.8, 4) is 0 Å². The molecule has 146 valence electrons. The lowest BCUT2D eigenvalue weighted by molar-refractivity contribution is 0.312. The third-order valence-electron chi connectivity index (χ3n) is 4.56. The third kappa shape index (κ3) is 5.26. The van der Waals surface area contributed by atoms with E-state index in [0.29, 0.717) is 23.6 Å². The van der Waals surface area contributed by atoms with Crippen molar-refractivity contribution < 1.29 is 8.76 Å². The van der Waals surface area contributed by atoms with Crippen molar-refractivity contribution in [1.82, 2.24) is 15.0 Å². The normalized spacial score (nSPS) is 26.4. The molecule has 3 rings (SSSR count). The molecule has 11 heteroatoms. The van der Waals surface area contributed by atoms with Crippen molar-refractivity contribution in [3.05, 3.63) is 34.6 Å². The van der Waals surface area contributed by atoms with E-state index in [1.807, 2.05) is 13.0 Å². The molecule has 1 heterocycles. The maximum Gasteiger partial charge on any atom is 0.233 e. The predicted molar refractivity (Wildman–Crippen MR) is 108 cm³/mol. The van der Waals surface area contributed by atoms with E-state index in [4.69, 9.17) is 28.9 Å². The lowest BCUT2D eigenvalue weighted by atomic mass is 9.83. The van der Waals surface area contributed by atoms with Crippen LogP contribution in [0.25, 0.3) is 0 Å². The number of nitrogens with one attached hydrogen (secondary N) is 2. The van der Waals surface area contributed by atoms with E-state index < -0.39 is 16.3 Å². The Kier molecular flexibility index (Phi) is 6.48. The summed E-state index contributed by atoms with van der Waals surface area (Å²) in [4.78, 5) is 12.5. The van der Waals surface area contributed by atoms with E-state index in [1.54, 1.807) is 18.2 Å². The van der Waals surface area contributed by atoms with Crippen LogP contribution in [-0.2, 0) is 11.1 Å². The van der Waals surface area contributed by atoms with Gasteiger partial charge >= 0.3 is 0 Å². The fourth-order valence-corrected chi connectivity index (χ4v) is 4.30. The summed E-state index contributed by atoms with van der Waals surface area (Å²) >= 11 is 10.0. The Hall–Kier alpha value is -1.52. The molecule has 5 unspecified atom stereocenters. The first-order valence-corrected chi connectivity index (χ1v) is 10.3. The second kappa shape index (κ2) is 8.66. The van der Waals surface area contributed by atoms with Crippen LogP contribution in [0.1, 0.15) is 19.8 Å². The monoisotopic (exact) mass is 430 g/mol. The summed E-state index contributed by atoms with van der Waals surface area (Å²) in [5.74, 6) is 0.733. The van der Waals surface area contributed by atoms with Crippen molar-refractivity contribution in [2.24, 2.45) is 11.7 Å². The van der Waals surface area contributed by atoms with E-state index in [1.165, 1.54) is 0 Å². The lowest BCUT2D eigenvalue weighted by Crippen LogP contribution is -2.50. The molecule has 0 bridgehead atoms. The summed E-state index contributed by atoms with van der Waals surface area (Å²) in [5.41, 5.74) is 6.72. The molecular formula is C16H20Cl2N6O2S. The van der Waals surface area contributed by atoms with Crippen LogP contribution in [0.4, 0.5) is 17.6 Å². The van der Waals surface area contributed by atoms with Crippen LogP contribution >= 0.6 is 23.2 Å². The van der Waals surface area contributed by atoms with Crippen LogP contribution in [0.2, 0.25) is 10.3 Å². The first kappa shape index (κ1) is 20.2. The topological polar surface area (TPSA) is 126 Å². The zero-order chi connectivity index (χ0) is 19.6. The molecule has 0 radical (unpaired) electrons. The smallest absolute Gasteiger partial charge is 0.233 e. The molecule has 1 aromatic heterocycles. The molecule has 1 aromatic carbocycles. The first-order chi connectivity index (χ1) is 12.8. The zero-order valence-corrected chi connectivity index (χ0v) is 16.8. The number of nitrogens with two attached hydrogens (primary N) is 1. The van der Waals surface area contributed by atoms with Gasteiger partial charge in [0.15, 0.2) is 11.1 Å². The Balaban J connectivity index is 1.76. The molecule has 0 aliphatic heterocycles. The highest BCUT2D eigenvalue weighted by Crippen LogP contribution is 2.29. The van der Waals surface area contributed by atoms with E-state index in [2.05, 4.69) is 25.6 Å². The molecule has 5 N–H and O–H groups in total. The summed E-state index contributed by atoms with van der Waals surface area (Å²) in [6, 6.07) is 6.70. The molecule has 0 saturated heterocycles. The number of hydrogen-bond acceptors (Lipinski definition) is 7. The first-order valence-electron chi connectivity index (χ1n) is 8.37. The van der Waals surface area contributed by atoms with Gasteiger partial charge in [-0.05, 0) is 48.6 Å². The molecule has 8 nitrogen and oxygen atoms in total. The molecular weight excluding hydrogens is 411 g/mol. The van der Waals surface area contributed by atoms with Crippen molar-refractivity contribution >= 4 is 51.9 Å². The number of rotatable bonds is 5. The largest absolute Gasteiger partial charge is 0.351 e. The van der Waals surface area contributed by atoms with Gasteiger partial charge in [-0.2, -0.15) is 15.0 Å². The van der Waals surface area contributed by atoms with Crippen molar-refractivity contribution in [3.63, 3.8) is 0 Å². The Morgan fingerprint density at radius 2 is 1.96 bits per heavy atom. The van der Waals surface area contributed by atoms with E-state index in [0.717, 1.165) is 0 Å². The molecule has 27 heavy (non-hydrogen) atoms. The van der Waals surface area contributed by atoms with Crippen LogP contribution in [0.5, 0.6) is 0 Å². The van der Waals surface area contributed by atoms with E-state index >= 15 is 0 Å². The minimum atomic E-state index is -1.98. The molecule has 1 fully saturated rings. The van der Waals surface area contributed by atoms with Gasteiger partial charge in [0.05, 0.1) is 5.25 Å². The van der Waals surface area contributed by atoms with Gasteiger partial charge in [0.1, 0.15) is 0 Å². The van der Waals surface area contributed by atoms with Crippen molar-refractivity contribution in [2.75, 3.05) is 10.6 Å². The highest BCUT2D eigenvalue weighted by atomic mass is 35.5. The molecule has 0 amide bonds. The minimum absolute atomic E-state index is 0.0273. The average Bonchev–Trinajstić information content (AvgIpc) is 2.56. The van der Waals surface area contributed by atoms with Crippen LogP contribution < -0.4 is 16.4 Å². The molecule has 2 aromatic rings. The third-order valence-corrected chi connectivity index (χ3v) is 6.02. The number of benzene rings is 1. The van der Waals surface area contributed by atoms with E-state index in [9.17, 15) is 8.76 Å². The molecule has 1 aliphatic rings. The molecule has 1 aliphatic carbocycles. The summed E-state index contributed by atoms with van der Waals surface area (Å²) in [5, 5.41) is 6.33. The Morgan fingerprint density at radius 1 is 1.22 bits per heavy atom. The fraction of sp³-hybridized carbons (Fsp3) is 0.438. The van der Waals surface area contributed by atoms with Gasteiger partial charge in [-0.1, -0.05) is 24.6 Å². The molecule has 5 atom stereocenters. The van der Waals surface area contributed by atoms with E-state index in [-0.39, 0.29) is 35.2 Å². The fourth-order valence-electron chi connectivity index (χ4n) is 3.17. The number of nitrogens with zero attached hydrogens (tertiary/aromatic N) is 3. The van der Waals surface area contributed by atoms with Crippen molar-refractivity contribution in [2.45, 2.75) is 37.1 Å². The molecule has 1 saturated carbocycles. The zero-order valence-electron chi connectivity index (χ0n) is 14.5. The number of anilines is 3. The Bertz CT molecular complexity index is 842. The number of hydrogen-bond donors (Lipinski definition) is 4. The van der Waals surface area contributed by atoms with Crippen molar-refractivity contribution in [1.29, 1.82) is 0 Å². The maximum absolute atomic E-state index is 11.5. The van der Waals surface area contributed by atoms with Gasteiger partial charge in [-0.15, -0.1) is 0 Å². The standard InChI is InChI=1S/C16H20Cl2N6O2S/c1-8-5-11(19)13(27(25)26)7-12(8)21-16-23-14(18)22-15(24-16)20-10-4-2-3-9(17)6-10/h2-4,6,8,11-13H,5,7,19H2,1H3,(H,25,26)(H2,20,21,22,23,24). The summed E-state index contributed by atoms with van der Waals surface area (Å²) in [6.45, 7) is 2.03.